The predicted octanol–water partition coefficient (Wildman–Crippen LogP) is 2.74. The number of hydrogen-bond donors (Lipinski definition) is 1. The number of aromatic nitrogens is 4. The zero-order valence-corrected chi connectivity index (χ0v) is 12.3. The van der Waals surface area contributed by atoms with Crippen molar-refractivity contribution in [1.29, 1.82) is 0 Å². The molecule has 5 nitrogen and oxygen atoms in total. The minimum absolute atomic E-state index is 0.644. The molecule has 0 saturated carbocycles. The molecule has 1 aromatic carbocycles. The van der Waals surface area contributed by atoms with Gasteiger partial charge in [0.2, 0.25) is 0 Å². The highest BCUT2D eigenvalue weighted by Crippen LogP contribution is 2.36. The SMILES string of the molecule is Cc1ccc(-c2c(-c3ccnnc3)nn(C)c2N)cc1C. The highest BCUT2D eigenvalue weighted by Gasteiger charge is 2.17. The van der Waals surface area contributed by atoms with Crippen molar-refractivity contribution < 1.29 is 0 Å². The van der Waals surface area contributed by atoms with Crippen LogP contribution in [0.25, 0.3) is 22.4 Å². The third kappa shape index (κ3) is 2.27. The second-order valence-electron chi connectivity index (χ2n) is 5.16. The van der Waals surface area contributed by atoms with Crippen LogP contribution in [0.2, 0.25) is 0 Å². The first kappa shape index (κ1) is 13.3. The van der Waals surface area contributed by atoms with Crippen LogP contribution in [-0.4, -0.2) is 20.0 Å². The Bertz CT molecular complexity index is 790. The molecule has 2 N–H and O–H groups in total. The number of benzene rings is 1. The van der Waals surface area contributed by atoms with E-state index in [1.54, 1.807) is 17.1 Å². The van der Waals surface area contributed by atoms with E-state index in [9.17, 15) is 0 Å². The molecule has 0 radical (unpaired) electrons. The van der Waals surface area contributed by atoms with Gasteiger partial charge >= 0.3 is 0 Å². The third-order valence-electron chi connectivity index (χ3n) is 3.74. The Labute approximate surface area is 123 Å². The standard InChI is InChI=1S/C16H17N5/c1-10-4-5-12(8-11(10)2)14-15(20-21(3)16(14)17)13-6-7-18-19-9-13/h4-9H,17H2,1-3H3. The van der Waals surface area contributed by atoms with Gasteiger partial charge in [0.25, 0.3) is 0 Å². The highest BCUT2D eigenvalue weighted by molar-refractivity contribution is 5.88. The monoisotopic (exact) mass is 279 g/mol. The van der Waals surface area contributed by atoms with Gasteiger partial charge in [0.15, 0.2) is 0 Å². The number of hydrogen-bond acceptors (Lipinski definition) is 4. The lowest BCUT2D eigenvalue weighted by Crippen LogP contribution is -1.98. The topological polar surface area (TPSA) is 69.6 Å². The number of nitrogen functional groups attached to an aromatic ring is 1. The average Bonchev–Trinajstić information content (AvgIpc) is 2.79. The molecule has 3 aromatic rings. The van der Waals surface area contributed by atoms with Crippen molar-refractivity contribution >= 4 is 5.82 Å². The van der Waals surface area contributed by atoms with Gasteiger partial charge in [0.1, 0.15) is 11.5 Å². The minimum Gasteiger partial charge on any atom is -0.383 e. The fraction of sp³-hybridized carbons (Fsp3) is 0.188. The van der Waals surface area contributed by atoms with Crippen LogP contribution in [0, 0.1) is 13.8 Å². The molecule has 5 heteroatoms. The van der Waals surface area contributed by atoms with Gasteiger partial charge in [-0.15, -0.1) is 0 Å². The van der Waals surface area contributed by atoms with E-state index in [2.05, 4.69) is 47.3 Å². The van der Waals surface area contributed by atoms with Crippen LogP contribution >= 0.6 is 0 Å². The smallest absolute Gasteiger partial charge is 0.129 e. The molecule has 0 aliphatic carbocycles. The van der Waals surface area contributed by atoms with E-state index in [0.717, 1.165) is 22.4 Å². The maximum absolute atomic E-state index is 6.23. The van der Waals surface area contributed by atoms with Crippen LogP contribution < -0.4 is 5.73 Å². The van der Waals surface area contributed by atoms with Gasteiger partial charge in [-0.1, -0.05) is 18.2 Å². The molecule has 0 bridgehead atoms. The second kappa shape index (κ2) is 5.01. The quantitative estimate of drug-likeness (QED) is 0.783. The van der Waals surface area contributed by atoms with Gasteiger partial charge < -0.3 is 5.73 Å². The maximum atomic E-state index is 6.23. The molecule has 3 rings (SSSR count). The summed E-state index contributed by atoms with van der Waals surface area (Å²) in [6.07, 6.45) is 3.36. The molecule has 0 atom stereocenters. The van der Waals surface area contributed by atoms with Crippen molar-refractivity contribution in [2.75, 3.05) is 5.73 Å². The molecule has 0 aliphatic heterocycles. The van der Waals surface area contributed by atoms with Crippen LogP contribution in [0.3, 0.4) is 0 Å². The summed E-state index contributed by atoms with van der Waals surface area (Å²) in [4.78, 5) is 0. The van der Waals surface area contributed by atoms with E-state index in [1.165, 1.54) is 11.1 Å². The largest absolute Gasteiger partial charge is 0.383 e. The van der Waals surface area contributed by atoms with Crippen LogP contribution in [0.5, 0.6) is 0 Å². The third-order valence-corrected chi connectivity index (χ3v) is 3.74. The summed E-state index contributed by atoms with van der Waals surface area (Å²) in [6.45, 7) is 4.19. The number of rotatable bonds is 2. The Morgan fingerprint density at radius 1 is 1.00 bits per heavy atom. The molecule has 106 valence electrons. The van der Waals surface area contributed by atoms with Crippen molar-refractivity contribution in [2.24, 2.45) is 7.05 Å². The normalized spacial score (nSPS) is 10.8. The zero-order valence-electron chi connectivity index (χ0n) is 12.3. The number of anilines is 1. The summed E-state index contributed by atoms with van der Waals surface area (Å²) in [5.41, 5.74) is 12.5. The molecule has 21 heavy (non-hydrogen) atoms. The molecule has 2 aromatic heterocycles. The Hall–Kier alpha value is -2.69. The first-order valence-electron chi connectivity index (χ1n) is 6.75. The molecule has 0 spiro atoms. The molecular weight excluding hydrogens is 262 g/mol. The van der Waals surface area contributed by atoms with Crippen molar-refractivity contribution in [1.82, 2.24) is 20.0 Å². The van der Waals surface area contributed by atoms with Crippen LogP contribution in [0.4, 0.5) is 5.82 Å². The van der Waals surface area contributed by atoms with E-state index in [1.807, 2.05) is 13.1 Å². The lowest BCUT2D eigenvalue weighted by molar-refractivity contribution is 0.782. The summed E-state index contributed by atoms with van der Waals surface area (Å²) in [5, 5.41) is 12.3. The minimum atomic E-state index is 0.644. The van der Waals surface area contributed by atoms with Crippen LogP contribution in [-0.2, 0) is 7.05 Å². The molecule has 0 aliphatic rings. The summed E-state index contributed by atoms with van der Waals surface area (Å²) >= 11 is 0. The maximum Gasteiger partial charge on any atom is 0.129 e. The molecule has 0 amide bonds. The Balaban J connectivity index is 2.24. The Kier molecular flexibility index (Phi) is 3.17. The van der Waals surface area contributed by atoms with Gasteiger partial charge in [-0.25, -0.2) is 0 Å². The summed E-state index contributed by atoms with van der Waals surface area (Å²) in [7, 11) is 1.85. The number of aryl methyl sites for hydroxylation is 3. The van der Waals surface area contributed by atoms with E-state index in [-0.39, 0.29) is 0 Å². The predicted molar refractivity (Wildman–Crippen MR) is 83.6 cm³/mol. The van der Waals surface area contributed by atoms with E-state index in [4.69, 9.17) is 5.73 Å². The van der Waals surface area contributed by atoms with Crippen molar-refractivity contribution in [2.45, 2.75) is 13.8 Å². The van der Waals surface area contributed by atoms with Crippen molar-refractivity contribution in [3.8, 4) is 22.4 Å². The molecular formula is C16H17N5. The Morgan fingerprint density at radius 3 is 2.48 bits per heavy atom. The molecule has 0 saturated heterocycles. The first-order valence-corrected chi connectivity index (χ1v) is 6.75. The van der Waals surface area contributed by atoms with Crippen LogP contribution in [0.15, 0.2) is 36.7 Å². The zero-order chi connectivity index (χ0) is 15.0. The second-order valence-corrected chi connectivity index (χ2v) is 5.16. The first-order chi connectivity index (χ1) is 10.1. The number of nitrogens with two attached hydrogens (primary N) is 1. The fourth-order valence-electron chi connectivity index (χ4n) is 2.35. The van der Waals surface area contributed by atoms with Gasteiger partial charge in [-0.2, -0.15) is 15.3 Å². The molecule has 0 fully saturated rings. The van der Waals surface area contributed by atoms with Gasteiger partial charge in [0.05, 0.1) is 18.0 Å². The van der Waals surface area contributed by atoms with E-state index < -0.39 is 0 Å². The lowest BCUT2D eigenvalue weighted by Gasteiger charge is -2.07. The van der Waals surface area contributed by atoms with Gasteiger partial charge in [-0.3, -0.25) is 4.68 Å². The van der Waals surface area contributed by atoms with Gasteiger partial charge in [-0.05, 0) is 36.6 Å². The highest BCUT2D eigenvalue weighted by atomic mass is 15.3. The average molecular weight is 279 g/mol. The summed E-state index contributed by atoms with van der Waals surface area (Å²) in [6, 6.07) is 8.21. The van der Waals surface area contributed by atoms with Crippen molar-refractivity contribution in [3.63, 3.8) is 0 Å². The molecule has 2 heterocycles. The van der Waals surface area contributed by atoms with Gasteiger partial charge in [0, 0.05) is 12.6 Å². The fourth-order valence-corrected chi connectivity index (χ4v) is 2.35. The van der Waals surface area contributed by atoms with Crippen LogP contribution in [0.1, 0.15) is 11.1 Å². The Morgan fingerprint density at radius 2 is 1.81 bits per heavy atom. The summed E-state index contributed by atoms with van der Waals surface area (Å²) < 4.78 is 1.69. The molecule has 0 unspecified atom stereocenters. The van der Waals surface area contributed by atoms with Crippen molar-refractivity contribution in [3.05, 3.63) is 47.8 Å². The van der Waals surface area contributed by atoms with E-state index >= 15 is 0 Å². The summed E-state index contributed by atoms with van der Waals surface area (Å²) in [5.74, 6) is 0.644. The lowest BCUT2D eigenvalue weighted by atomic mass is 9.98. The number of nitrogens with zero attached hydrogens (tertiary/aromatic N) is 4. The van der Waals surface area contributed by atoms with E-state index in [0.29, 0.717) is 5.82 Å².